The molecule has 2 aliphatic rings. The number of carbonyl (C=O) groups excluding carboxylic acids is 1. The average molecular weight is 380 g/mol. The van der Waals surface area contributed by atoms with Gasteiger partial charge in [0.1, 0.15) is 11.6 Å². The van der Waals surface area contributed by atoms with E-state index in [0.717, 1.165) is 56.2 Å². The Balaban J connectivity index is 1.48. The fourth-order valence-electron chi connectivity index (χ4n) is 3.71. The summed E-state index contributed by atoms with van der Waals surface area (Å²) in [5.74, 6) is 2.19. The minimum absolute atomic E-state index is 0.0366. The van der Waals surface area contributed by atoms with Crippen LogP contribution >= 0.6 is 0 Å². The zero-order valence-electron chi connectivity index (χ0n) is 16.6. The van der Waals surface area contributed by atoms with Gasteiger partial charge in [-0.05, 0) is 55.6 Å². The number of anilines is 1. The van der Waals surface area contributed by atoms with Crippen LogP contribution < -0.4 is 15.0 Å². The molecule has 0 unspecified atom stereocenters. The number of hydrogen-bond acceptors (Lipinski definition) is 5. The Morgan fingerprint density at radius 2 is 1.86 bits per heavy atom. The molecule has 4 rings (SSSR count). The van der Waals surface area contributed by atoms with Crippen molar-refractivity contribution in [3.05, 3.63) is 53.7 Å². The smallest absolute Gasteiger partial charge is 0.251 e. The number of pyridine rings is 1. The van der Waals surface area contributed by atoms with E-state index in [1.165, 1.54) is 0 Å². The molecule has 6 heteroatoms. The molecule has 2 aromatic rings. The predicted molar refractivity (Wildman–Crippen MR) is 110 cm³/mol. The highest BCUT2D eigenvalue weighted by atomic mass is 16.5. The molecule has 1 aliphatic carbocycles. The van der Waals surface area contributed by atoms with Crippen molar-refractivity contribution in [1.82, 2.24) is 15.2 Å². The molecule has 1 saturated heterocycles. The van der Waals surface area contributed by atoms with Crippen molar-refractivity contribution in [3.8, 4) is 5.75 Å². The first-order valence-electron chi connectivity index (χ1n) is 9.98. The van der Waals surface area contributed by atoms with Gasteiger partial charge >= 0.3 is 0 Å². The number of nitrogens with one attached hydrogen (secondary N) is 1. The molecule has 1 saturated carbocycles. The molecular formula is C22H28N4O2. The van der Waals surface area contributed by atoms with Crippen molar-refractivity contribution in [3.63, 3.8) is 0 Å². The van der Waals surface area contributed by atoms with Crippen LogP contribution in [0.25, 0.3) is 0 Å². The molecule has 6 nitrogen and oxygen atoms in total. The summed E-state index contributed by atoms with van der Waals surface area (Å²) in [7, 11) is 3.79. The third-order valence-corrected chi connectivity index (χ3v) is 5.69. The number of benzene rings is 1. The van der Waals surface area contributed by atoms with Crippen LogP contribution in [0.1, 0.15) is 34.8 Å². The fraction of sp³-hybridized carbons (Fsp3) is 0.455. The highest BCUT2D eigenvalue weighted by Gasteiger charge is 2.33. The van der Waals surface area contributed by atoms with Gasteiger partial charge in [-0.2, -0.15) is 0 Å². The summed E-state index contributed by atoms with van der Waals surface area (Å²) < 4.78 is 5.25. The highest BCUT2D eigenvalue weighted by Crippen LogP contribution is 2.41. The number of methoxy groups -OCH3 is 1. The molecule has 28 heavy (non-hydrogen) atoms. The second-order valence-corrected chi connectivity index (χ2v) is 7.75. The van der Waals surface area contributed by atoms with Crippen LogP contribution in [0.5, 0.6) is 5.75 Å². The van der Waals surface area contributed by atoms with Crippen LogP contribution in [0.15, 0.2) is 42.6 Å². The fourth-order valence-corrected chi connectivity index (χ4v) is 3.71. The number of nitrogens with zero attached hydrogens (tertiary/aromatic N) is 3. The SMILES string of the molecule is COc1ccc([C@@H](NC(=O)c2ccnc(N3CCN(C)CC3)c2)C2CC2)cc1. The van der Waals surface area contributed by atoms with Crippen LogP contribution in [0.2, 0.25) is 0 Å². The lowest BCUT2D eigenvalue weighted by molar-refractivity contribution is 0.0931. The Morgan fingerprint density at radius 3 is 2.50 bits per heavy atom. The van der Waals surface area contributed by atoms with Gasteiger partial charge < -0.3 is 19.9 Å². The van der Waals surface area contributed by atoms with Crippen LogP contribution in [-0.2, 0) is 0 Å². The Morgan fingerprint density at radius 1 is 1.14 bits per heavy atom. The monoisotopic (exact) mass is 380 g/mol. The van der Waals surface area contributed by atoms with Crippen molar-refractivity contribution in [2.24, 2.45) is 5.92 Å². The number of ether oxygens (including phenoxy) is 1. The number of hydrogen-bond donors (Lipinski definition) is 1. The number of rotatable bonds is 6. The summed E-state index contributed by atoms with van der Waals surface area (Å²) in [6, 6.07) is 11.8. The Labute approximate surface area is 166 Å². The maximum atomic E-state index is 13.0. The third-order valence-electron chi connectivity index (χ3n) is 5.69. The van der Waals surface area contributed by atoms with Gasteiger partial charge in [0.05, 0.1) is 13.2 Å². The summed E-state index contributed by atoms with van der Waals surface area (Å²) in [5, 5.41) is 3.25. The molecule has 0 bridgehead atoms. The van der Waals surface area contributed by atoms with E-state index in [2.05, 4.69) is 27.1 Å². The number of aromatic nitrogens is 1. The first-order valence-corrected chi connectivity index (χ1v) is 9.98. The van der Waals surface area contributed by atoms with Crippen LogP contribution in [0.3, 0.4) is 0 Å². The molecule has 1 amide bonds. The lowest BCUT2D eigenvalue weighted by Gasteiger charge is -2.33. The maximum Gasteiger partial charge on any atom is 0.251 e. The van der Waals surface area contributed by atoms with Crippen molar-refractivity contribution >= 4 is 11.7 Å². The normalized spacial score (nSPS) is 18.6. The number of piperazine rings is 1. The molecule has 1 aromatic carbocycles. The van der Waals surface area contributed by atoms with Crippen LogP contribution in [0.4, 0.5) is 5.82 Å². The molecule has 0 radical (unpaired) electrons. The molecule has 1 N–H and O–H groups in total. The summed E-state index contributed by atoms with van der Waals surface area (Å²) in [5.41, 5.74) is 1.80. The van der Waals surface area contributed by atoms with Crippen molar-refractivity contribution in [2.75, 3.05) is 45.2 Å². The summed E-state index contributed by atoms with van der Waals surface area (Å²) in [6.45, 7) is 3.90. The van der Waals surface area contributed by atoms with Crippen molar-refractivity contribution in [1.29, 1.82) is 0 Å². The van der Waals surface area contributed by atoms with E-state index in [9.17, 15) is 4.79 Å². The number of amides is 1. The van der Waals surface area contributed by atoms with Crippen molar-refractivity contribution < 1.29 is 9.53 Å². The summed E-state index contributed by atoms with van der Waals surface area (Å²) in [6.07, 6.45) is 4.04. The number of carbonyl (C=O) groups is 1. The first kappa shape index (κ1) is 18.7. The number of likely N-dealkylation sites (N-methyl/N-ethyl adjacent to an activating group) is 1. The van der Waals surface area contributed by atoms with Gasteiger partial charge in [-0.1, -0.05) is 12.1 Å². The largest absolute Gasteiger partial charge is 0.497 e. The third kappa shape index (κ3) is 4.28. The quantitative estimate of drug-likeness (QED) is 0.835. The summed E-state index contributed by atoms with van der Waals surface area (Å²) >= 11 is 0. The van der Waals surface area contributed by atoms with Gasteiger partial charge in [-0.15, -0.1) is 0 Å². The van der Waals surface area contributed by atoms with E-state index in [4.69, 9.17) is 4.74 Å². The molecule has 148 valence electrons. The summed E-state index contributed by atoms with van der Waals surface area (Å²) in [4.78, 5) is 22.0. The Kier molecular flexibility index (Phi) is 5.48. The minimum atomic E-state index is -0.0366. The second-order valence-electron chi connectivity index (χ2n) is 7.75. The van der Waals surface area contributed by atoms with E-state index in [1.54, 1.807) is 19.4 Å². The molecular weight excluding hydrogens is 352 g/mol. The first-order chi connectivity index (χ1) is 13.6. The standard InChI is InChI=1S/C22H28N4O2/c1-25-11-13-26(14-12-25)20-15-18(9-10-23-20)22(27)24-21(16-3-4-16)17-5-7-19(28-2)8-6-17/h5-10,15-16,21H,3-4,11-14H2,1-2H3,(H,24,27)/t21-/m0/s1. The zero-order valence-corrected chi connectivity index (χ0v) is 16.6. The van der Waals surface area contributed by atoms with Gasteiger partial charge in [0, 0.05) is 37.9 Å². The van der Waals surface area contributed by atoms with E-state index >= 15 is 0 Å². The molecule has 1 atom stereocenters. The molecule has 0 spiro atoms. The predicted octanol–water partition coefficient (Wildman–Crippen LogP) is 2.72. The van der Waals surface area contributed by atoms with Gasteiger partial charge in [-0.3, -0.25) is 4.79 Å². The Bertz CT molecular complexity index is 812. The molecule has 2 heterocycles. The molecule has 1 aliphatic heterocycles. The van der Waals surface area contributed by atoms with E-state index in [0.29, 0.717) is 11.5 Å². The lowest BCUT2D eigenvalue weighted by atomic mass is 10.0. The van der Waals surface area contributed by atoms with E-state index < -0.39 is 0 Å². The Hall–Kier alpha value is -2.60. The second kappa shape index (κ2) is 8.19. The van der Waals surface area contributed by atoms with Gasteiger partial charge in [0.2, 0.25) is 0 Å². The zero-order chi connectivity index (χ0) is 19.5. The van der Waals surface area contributed by atoms with Gasteiger partial charge in [-0.25, -0.2) is 4.98 Å². The average Bonchev–Trinajstić information content (AvgIpc) is 3.58. The van der Waals surface area contributed by atoms with Crippen LogP contribution in [0, 0.1) is 5.92 Å². The topological polar surface area (TPSA) is 57.7 Å². The minimum Gasteiger partial charge on any atom is -0.497 e. The highest BCUT2D eigenvalue weighted by molar-refractivity contribution is 5.95. The van der Waals surface area contributed by atoms with Crippen LogP contribution in [-0.4, -0.2) is 56.1 Å². The van der Waals surface area contributed by atoms with Gasteiger partial charge in [0.15, 0.2) is 0 Å². The van der Waals surface area contributed by atoms with E-state index in [-0.39, 0.29) is 11.9 Å². The van der Waals surface area contributed by atoms with E-state index in [1.807, 2.05) is 30.3 Å². The molecule has 2 fully saturated rings. The van der Waals surface area contributed by atoms with Crippen molar-refractivity contribution in [2.45, 2.75) is 18.9 Å². The molecule has 1 aromatic heterocycles. The maximum absolute atomic E-state index is 13.0. The lowest BCUT2D eigenvalue weighted by Crippen LogP contribution is -2.44. The van der Waals surface area contributed by atoms with Gasteiger partial charge in [0.25, 0.3) is 5.91 Å².